The second-order valence-corrected chi connectivity index (χ2v) is 5.00. The molecule has 0 aliphatic carbocycles. The van der Waals surface area contributed by atoms with Gasteiger partial charge in [-0.05, 0) is 31.7 Å². The Labute approximate surface area is 112 Å². The van der Waals surface area contributed by atoms with E-state index in [1.54, 1.807) is 11.3 Å². The van der Waals surface area contributed by atoms with Crippen molar-refractivity contribution in [2.75, 3.05) is 29.9 Å². The standard InChI is InChI=1S/C13H20N4S/c1-4-8-14-13-15-11(17(5-2)6-3)10-7-9-18-12(10)16-13/h7,9H,4-6,8H2,1-3H3,(H,14,15,16). The number of hydrogen-bond donors (Lipinski definition) is 1. The summed E-state index contributed by atoms with van der Waals surface area (Å²) in [7, 11) is 0. The highest BCUT2D eigenvalue weighted by Crippen LogP contribution is 2.28. The van der Waals surface area contributed by atoms with E-state index in [9.17, 15) is 0 Å². The van der Waals surface area contributed by atoms with Crippen LogP contribution in [0.5, 0.6) is 0 Å². The number of thiophene rings is 1. The smallest absolute Gasteiger partial charge is 0.226 e. The van der Waals surface area contributed by atoms with Crippen molar-refractivity contribution in [3.63, 3.8) is 0 Å². The van der Waals surface area contributed by atoms with Gasteiger partial charge in [-0.3, -0.25) is 0 Å². The SMILES string of the molecule is CCCNc1nc(N(CC)CC)c2ccsc2n1. The van der Waals surface area contributed by atoms with E-state index >= 15 is 0 Å². The summed E-state index contributed by atoms with van der Waals surface area (Å²) in [5.74, 6) is 1.79. The van der Waals surface area contributed by atoms with E-state index in [-0.39, 0.29) is 0 Å². The largest absolute Gasteiger partial charge is 0.356 e. The van der Waals surface area contributed by atoms with Gasteiger partial charge >= 0.3 is 0 Å². The van der Waals surface area contributed by atoms with Crippen LogP contribution < -0.4 is 10.2 Å². The fraction of sp³-hybridized carbons (Fsp3) is 0.538. The second-order valence-electron chi connectivity index (χ2n) is 4.11. The van der Waals surface area contributed by atoms with Crippen molar-refractivity contribution in [3.8, 4) is 0 Å². The Morgan fingerprint density at radius 1 is 1.22 bits per heavy atom. The number of fused-ring (bicyclic) bond motifs is 1. The zero-order chi connectivity index (χ0) is 13.0. The van der Waals surface area contributed by atoms with E-state index in [4.69, 9.17) is 0 Å². The van der Waals surface area contributed by atoms with Crippen molar-refractivity contribution in [1.82, 2.24) is 9.97 Å². The first-order valence-electron chi connectivity index (χ1n) is 6.54. The summed E-state index contributed by atoms with van der Waals surface area (Å²) < 4.78 is 0. The van der Waals surface area contributed by atoms with E-state index < -0.39 is 0 Å². The molecule has 0 unspecified atom stereocenters. The maximum Gasteiger partial charge on any atom is 0.226 e. The molecule has 0 radical (unpaired) electrons. The Morgan fingerprint density at radius 2 is 2.00 bits per heavy atom. The fourth-order valence-corrected chi connectivity index (χ4v) is 2.68. The molecule has 0 aliphatic heterocycles. The molecule has 1 N–H and O–H groups in total. The van der Waals surface area contributed by atoms with Crippen LogP contribution in [0.4, 0.5) is 11.8 Å². The Balaban J connectivity index is 2.44. The van der Waals surface area contributed by atoms with E-state index in [1.165, 1.54) is 0 Å². The third kappa shape index (κ3) is 2.56. The number of nitrogens with one attached hydrogen (secondary N) is 1. The first kappa shape index (κ1) is 13.1. The Hall–Kier alpha value is -1.36. The van der Waals surface area contributed by atoms with Crippen LogP contribution in [-0.2, 0) is 0 Å². The van der Waals surface area contributed by atoms with Gasteiger partial charge in [0, 0.05) is 19.6 Å². The highest BCUT2D eigenvalue weighted by molar-refractivity contribution is 7.16. The second kappa shape index (κ2) is 6.00. The minimum atomic E-state index is 0.744. The topological polar surface area (TPSA) is 41.1 Å². The molecule has 98 valence electrons. The molecule has 0 aromatic carbocycles. The van der Waals surface area contributed by atoms with Gasteiger partial charge in [0.2, 0.25) is 5.95 Å². The lowest BCUT2D eigenvalue weighted by Crippen LogP contribution is -2.23. The predicted octanol–water partition coefficient (Wildman–Crippen LogP) is 3.36. The average molecular weight is 264 g/mol. The molecule has 2 heterocycles. The van der Waals surface area contributed by atoms with E-state index in [2.05, 4.69) is 52.4 Å². The lowest BCUT2D eigenvalue weighted by Gasteiger charge is -2.21. The van der Waals surface area contributed by atoms with E-state index in [0.717, 1.165) is 48.0 Å². The lowest BCUT2D eigenvalue weighted by atomic mass is 10.3. The van der Waals surface area contributed by atoms with Crippen molar-refractivity contribution in [2.24, 2.45) is 0 Å². The summed E-state index contributed by atoms with van der Waals surface area (Å²) in [6.45, 7) is 9.29. The van der Waals surface area contributed by atoms with Crippen molar-refractivity contribution < 1.29 is 0 Å². The highest BCUT2D eigenvalue weighted by Gasteiger charge is 2.12. The van der Waals surface area contributed by atoms with Crippen LogP contribution in [0.2, 0.25) is 0 Å². The van der Waals surface area contributed by atoms with E-state index in [0.29, 0.717) is 0 Å². The number of hydrogen-bond acceptors (Lipinski definition) is 5. The van der Waals surface area contributed by atoms with Crippen LogP contribution >= 0.6 is 11.3 Å². The number of nitrogens with zero attached hydrogens (tertiary/aromatic N) is 3. The number of aromatic nitrogens is 2. The fourth-order valence-electron chi connectivity index (χ4n) is 1.92. The molecule has 0 spiro atoms. The molecule has 0 amide bonds. The van der Waals surface area contributed by atoms with Crippen LogP contribution in [0, 0.1) is 0 Å². The molecular weight excluding hydrogens is 244 g/mol. The zero-order valence-electron chi connectivity index (χ0n) is 11.2. The number of anilines is 2. The monoisotopic (exact) mass is 264 g/mol. The summed E-state index contributed by atoms with van der Waals surface area (Å²) in [6, 6.07) is 2.11. The molecule has 4 nitrogen and oxygen atoms in total. The van der Waals surface area contributed by atoms with E-state index in [1.807, 2.05) is 0 Å². The Morgan fingerprint density at radius 3 is 2.67 bits per heavy atom. The van der Waals surface area contributed by atoms with Crippen LogP contribution in [0.15, 0.2) is 11.4 Å². The number of rotatable bonds is 6. The quantitative estimate of drug-likeness (QED) is 0.868. The minimum absolute atomic E-state index is 0.744. The van der Waals surface area contributed by atoms with Gasteiger partial charge in [0.25, 0.3) is 0 Å². The Kier molecular flexibility index (Phi) is 4.36. The lowest BCUT2D eigenvalue weighted by molar-refractivity contribution is 0.847. The highest BCUT2D eigenvalue weighted by atomic mass is 32.1. The van der Waals surface area contributed by atoms with Crippen molar-refractivity contribution >= 4 is 33.3 Å². The van der Waals surface area contributed by atoms with Crippen LogP contribution in [0.25, 0.3) is 10.2 Å². The van der Waals surface area contributed by atoms with Gasteiger partial charge in [-0.2, -0.15) is 4.98 Å². The normalized spacial score (nSPS) is 10.8. The predicted molar refractivity (Wildman–Crippen MR) is 79.8 cm³/mol. The molecule has 0 fully saturated rings. The van der Waals surface area contributed by atoms with Gasteiger partial charge in [-0.25, -0.2) is 4.98 Å². The summed E-state index contributed by atoms with van der Waals surface area (Å²) in [6.07, 6.45) is 1.08. The maximum absolute atomic E-state index is 4.66. The van der Waals surface area contributed by atoms with Crippen molar-refractivity contribution in [3.05, 3.63) is 11.4 Å². The molecule has 0 saturated heterocycles. The molecule has 2 aromatic heterocycles. The molecule has 18 heavy (non-hydrogen) atoms. The first-order chi connectivity index (χ1) is 8.80. The third-order valence-electron chi connectivity index (χ3n) is 2.90. The summed E-state index contributed by atoms with van der Waals surface area (Å²) >= 11 is 1.67. The molecule has 2 rings (SSSR count). The molecule has 5 heteroatoms. The summed E-state index contributed by atoms with van der Waals surface area (Å²) in [5, 5.41) is 6.51. The van der Waals surface area contributed by atoms with Gasteiger partial charge in [-0.1, -0.05) is 6.92 Å². The molecule has 0 bridgehead atoms. The zero-order valence-corrected chi connectivity index (χ0v) is 12.0. The molecule has 0 atom stereocenters. The van der Waals surface area contributed by atoms with Gasteiger partial charge in [0.15, 0.2) is 0 Å². The minimum Gasteiger partial charge on any atom is -0.356 e. The van der Waals surface area contributed by atoms with Crippen LogP contribution in [0.1, 0.15) is 27.2 Å². The van der Waals surface area contributed by atoms with Gasteiger partial charge in [0.05, 0.1) is 5.39 Å². The van der Waals surface area contributed by atoms with Crippen LogP contribution in [-0.4, -0.2) is 29.6 Å². The molecule has 0 saturated carbocycles. The van der Waals surface area contributed by atoms with Gasteiger partial charge in [0.1, 0.15) is 10.6 Å². The van der Waals surface area contributed by atoms with Gasteiger partial charge in [-0.15, -0.1) is 11.3 Å². The van der Waals surface area contributed by atoms with Crippen molar-refractivity contribution in [2.45, 2.75) is 27.2 Å². The molecule has 0 aliphatic rings. The third-order valence-corrected chi connectivity index (χ3v) is 3.71. The maximum atomic E-state index is 4.66. The van der Waals surface area contributed by atoms with Crippen molar-refractivity contribution in [1.29, 1.82) is 0 Å². The summed E-state index contributed by atoms with van der Waals surface area (Å²) in [4.78, 5) is 12.5. The van der Waals surface area contributed by atoms with Gasteiger partial charge < -0.3 is 10.2 Å². The molecular formula is C13H20N4S. The average Bonchev–Trinajstić information content (AvgIpc) is 2.86. The first-order valence-corrected chi connectivity index (χ1v) is 7.42. The molecule has 2 aromatic rings. The Bertz CT molecular complexity index is 505. The summed E-state index contributed by atoms with van der Waals surface area (Å²) in [5.41, 5.74) is 0. The van der Waals surface area contributed by atoms with Crippen LogP contribution in [0.3, 0.4) is 0 Å².